The smallest absolute Gasteiger partial charge is 0.305 e. The highest BCUT2D eigenvalue weighted by molar-refractivity contribution is 5.81. The van der Waals surface area contributed by atoms with E-state index in [0.717, 1.165) is 19.3 Å². The van der Waals surface area contributed by atoms with Crippen LogP contribution in [0.15, 0.2) is 30.3 Å². The Labute approximate surface area is 113 Å². The molecule has 0 unspecified atom stereocenters. The molecule has 2 rings (SSSR count). The van der Waals surface area contributed by atoms with Crippen molar-refractivity contribution < 1.29 is 14.7 Å². The van der Waals surface area contributed by atoms with Crippen LogP contribution >= 0.6 is 0 Å². The lowest BCUT2D eigenvalue weighted by atomic mass is 10.1. The maximum atomic E-state index is 12.1. The highest BCUT2D eigenvalue weighted by Gasteiger charge is 2.33. The summed E-state index contributed by atoms with van der Waals surface area (Å²) >= 11 is 0. The first-order chi connectivity index (χ1) is 9.16. The Hall–Kier alpha value is -1.84. The van der Waals surface area contributed by atoms with Gasteiger partial charge in [0.15, 0.2) is 0 Å². The summed E-state index contributed by atoms with van der Waals surface area (Å²) in [5.74, 6) is -0.588. The second-order valence-corrected chi connectivity index (χ2v) is 4.98. The zero-order valence-electron chi connectivity index (χ0n) is 10.9. The molecule has 102 valence electrons. The standard InChI is InChI=1S/C15H19NO3/c17-14(18)9-11-16(15(19)13-6-7-13)10-8-12-4-2-1-3-5-12/h1-5,13H,6-11H2,(H,17,18). The predicted octanol–water partition coefficient (Wildman–Crippen LogP) is 1.94. The Bertz CT molecular complexity index is 440. The molecule has 1 fully saturated rings. The number of carboxylic acid groups (broad SMARTS) is 1. The Kier molecular flexibility index (Phi) is 4.55. The number of aliphatic carboxylic acids is 1. The first kappa shape index (κ1) is 13.6. The van der Waals surface area contributed by atoms with Crippen LogP contribution in [0.1, 0.15) is 24.8 Å². The fraction of sp³-hybridized carbons (Fsp3) is 0.467. The van der Waals surface area contributed by atoms with Crippen LogP contribution in [0.5, 0.6) is 0 Å². The van der Waals surface area contributed by atoms with Crippen LogP contribution in [0.3, 0.4) is 0 Å². The van der Waals surface area contributed by atoms with Crippen molar-refractivity contribution in [1.82, 2.24) is 4.90 Å². The molecule has 1 aromatic rings. The average Bonchev–Trinajstić information content (AvgIpc) is 3.23. The van der Waals surface area contributed by atoms with Crippen LogP contribution in [-0.2, 0) is 16.0 Å². The number of carbonyl (C=O) groups is 2. The molecule has 0 spiro atoms. The summed E-state index contributed by atoms with van der Waals surface area (Å²) in [7, 11) is 0. The molecule has 19 heavy (non-hydrogen) atoms. The first-order valence-electron chi connectivity index (χ1n) is 6.71. The Morgan fingerprint density at radius 2 is 1.84 bits per heavy atom. The first-order valence-corrected chi connectivity index (χ1v) is 6.71. The van der Waals surface area contributed by atoms with Gasteiger partial charge in [-0.3, -0.25) is 9.59 Å². The van der Waals surface area contributed by atoms with Gasteiger partial charge < -0.3 is 10.0 Å². The van der Waals surface area contributed by atoms with E-state index in [2.05, 4.69) is 0 Å². The summed E-state index contributed by atoms with van der Waals surface area (Å²) in [6, 6.07) is 9.95. The Morgan fingerprint density at radius 1 is 1.16 bits per heavy atom. The lowest BCUT2D eigenvalue weighted by Crippen LogP contribution is -2.35. The zero-order chi connectivity index (χ0) is 13.7. The van der Waals surface area contributed by atoms with Gasteiger partial charge in [-0.05, 0) is 24.8 Å². The van der Waals surface area contributed by atoms with Crippen molar-refractivity contribution in [3.05, 3.63) is 35.9 Å². The van der Waals surface area contributed by atoms with Crippen molar-refractivity contribution >= 4 is 11.9 Å². The van der Waals surface area contributed by atoms with Gasteiger partial charge in [0.05, 0.1) is 6.42 Å². The van der Waals surface area contributed by atoms with Gasteiger partial charge in [0.1, 0.15) is 0 Å². The molecule has 0 aliphatic heterocycles. The minimum Gasteiger partial charge on any atom is -0.481 e. The number of carboxylic acids is 1. The van der Waals surface area contributed by atoms with Gasteiger partial charge >= 0.3 is 5.97 Å². The average molecular weight is 261 g/mol. The van der Waals surface area contributed by atoms with Crippen LogP contribution in [0, 0.1) is 5.92 Å². The molecule has 1 aliphatic carbocycles. The van der Waals surface area contributed by atoms with Gasteiger partial charge in [-0.1, -0.05) is 30.3 Å². The van der Waals surface area contributed by atoms with Crippen LogP contribution in [-0.4, -0.2) is 35.0 Å². The molecule has 1 amide bonds. The van der Waals surface area contributed by atoms with E-state index in [1.165, 1.54) is 5.56 Å². The Morgan fingerprint density at radius 3 is 2.42 bits per heavy atom. The van der Waals surface area contributed by atoms with Crippen molar-refractivity contribution in [2.24, 2.45) is 5.92 Å². The van der Waals surface area contributed by atoms with Crippen LogP contribution in [0.4, 0.5) is 0 Å². The van der Waals surface area contributed by atoms with E-state index in [4.69, 9.17) is 5.11 Å². The highest BCUT2D eigenvalue weighted by Crippen LogP contribution is 2.31. The minimum atomic E-state index is -0.853. The second kappa shape index (κ2) is 6.36. The van der Waals surface area contributed by atoms with Crippen molar-refractivity contribution in [3.63, 3.8) is 0 Å². The summed E-state index contributed by atoms with van der Waals surface area (Å²) in [4.78, 5) is 24.4. The number of hydrogen-bond acceptors (Lipinski definition) is 2. The number of nitrogens with zero attached hydrogens (tertiary/aromatic N) is 1. The van der Waals surface area contributed by atoms with Gasteiger partial charge in [0, 0.05) is 19.0 Å². The van der Waals surface area contributed by atoms with Gasteiger partial charge in [-0.15, -0.1) is 0 Å². The van der Waals surface area contributed by atoms with Crippen molar-refractivity contribution in [1.29, 1.82) is 0 Å². The fourth-order valence-electron chi connectivity index (χ4n) is 2.06. The van der Waals surface area contributed by atoms with Crippen molar-refractivity contribution in [3.8, 4) is 0 Å². The van der Waals surface area contributed by atoms with Crippen molar-refractivity contribution in [2.45, 2.75) is 25.7 Å². The van der Waals surface area contributed by atoms with Crippen LogP contribution in [0.25, 0.3) is 0 Å². The molecular weight excluding hydrogens is 242 g/mol. The van der Waals surface area contributed by atoms with E-state index >= 15 is 0 Å². The molecule has 1 aromatic carbocycles. The van der Waals surface area contributed by atoms with Gasteiger partial charge in [-0.25, -0.2) is 0 Å². The second-order valence-electron chi connectivity index (χ2n) is 4.98. The molecule has 1 saturated carbocycles. The molecule has 1 aliphatic rings. The van der Waals surface area contributed by atoms with Crippen LogP contribution < -0.4 is 0 Å². The van der Waals surface area contributed by atoms with E-state index in [0.29, 0.717) is 13.1 Å². The lowest BCUT2D eigenvalue weighted by Gasteiger charge is -2.22. The number of benzene rings is 1. The number of amides is 1. The summed E-state index contributed by atoms with van der Waals surface area (Å²) < 4.78 is 0. The molecular formula is C15H19NO3. The third-order valence-corrected chi connectivity index (χ3v) is 3.35. The summed E-state index contributed by atoms with van der Waals surface area (Å²) in [6.45, 7) is 0.921. The molecule has 1 N–H and O–H groups in total. The normalized spacial score (nSPS) is 14.1. The largest absolute Gasteiger partial charge is 0.481 e. The highest BCUT2D eigenvalue weighted by atomic mass is 16.4. The van der Waals surface area contributed by atoms with Gasteiger partial charge in [0.2, 0.25) is 5.91 Å². The monoisotopic (exact) mass is 261 g/mol. The third kappa shape index (κ3) is 4.39. The molecule has 0 bridgehead atoms. The lowest BCUT2D eigenvalue weighted by molar-refractivity contribution is -0.138. The maximum Gasteiger partial charge on any atom is 0.305 e. The SMILES string of the molecule is O=C(O)CCN(CCc1ccccc1)C(=O)C1CC1. The van der Waals surface area contributed by atoms with E-state index in [1.54, 1.807) is 4.90 Å². The molecule has 0 atom stereocenters. The van der Waals surface area contributed by atoms with Gasteiger partial charge in [0.25, 0.3) is 0 Å². The summed E-state index contributed by atoms with van der Waals surface area (Å²) in [6.07, 6.45) is 2.70. The minimum absolute atomic E-state index is 0.0211. The predicted molar refractivity (Wildman–Crippen MR) is 71.7 cm³/mol. The van der Waals surface area contributed by atoms with E-state index in [-0.39, 0.29) is 18.2 Å². The van der Waals surface area contributed by atoms with Gasteiger partial charge in [-0.2, -0.15) is 0 Å². The fourth-order valence-corrected chi connectivity index (χ4v) is 2.06. The van der Waals surface area contributed by atoms with E-state index in [9.17, 15) is 9.59 Å². The topological polar surface area (TPSA) is 57.6 Å². The number of carbonyl (C=O) groups excluding carboxylic acids is 1. The van der Waals surface area contributed by atoms with Crippen molar-refractivity contribution in [2.75, 3.05) is 13.1 Å². The third-order valence-electron chi connectivity index (χ3n) is 3.35. The molecule has 4 heteroatoms. The molecule has 0 radical (unpaired) electrons. The summed E-state index contributed by atoms with van der Waals surface area (Å²) in [5, 5.41) is 8.75. The molecule has 4 nitrogen and oxygen atoms in total. The molecule has 0 saturated heterocycles. The molecule has 0 heterocycles. The quantitative estimate of drug-likeness (QED) is 0.816. The number of hydrogen-bond donors (Lipinski definition) is 1. The van der Waals surface area contributed by atoms with Crippen LogP contribution in [0.2, 0.25) is 0 Å². The van der Waals surface area contributed by atoms with E-state index < -0.39 is 5.97 Å². The van der Waals surface area contributed by atoms with E-state index in [1.807, 2.05) is 30.3 Å². The maximum absolute atomic E-state index is 12.1. The Balaban J connectivity index is 1.89. The zero-order valence-corrected chi connectivity index (χ0v) is 10.9. The molecule has 0 aromatic heterocycles. The number of rotatable bonds is 7. The summed E-state index contributed by atoms with van der Waals surface area (Å²) in [5.41, 5.74) is 1.17.